The van der Waals surface area contributed by atoms with Gasteiger partial charge in [-0.2, -0.15) is 5.26 Å². The Bertz CT molecular complexity index is 547. The van der Waals surface area contributed by atoms with Crippen LogP contribution < -0.4 is 0 Å². The van der Waals surface area contributed by atoms with Gasteiger partial charge in [0.2, 0.25) is 0 Å². The molecule has 2 rings (SSSR count). The average Bonchev–Trinajstić information content (AvgIpc) is 2.39. The standard InChI is InChI=1S/C16H13N/c17-12-6-11-15-9-4-5-10-16(15)13-14-7-2-1-3-8-14/h1-11H,13H2/b11-6+. The lowest BCUT2D eigenvalue weighted by atomic mass is 9.99. The molecule has 82 valence electrons. The summed E-state index contributed by atoms with van der Waals surface area (Å²) in [4.78, 5) is 0. The van der Waals surface area contributed by atoms with Crippen molar-refractivity contribution >= 4 is 6.08 Å². The lowest BCUT2D eigenvalue weighted by Crippen LogP contribution is -1.90. The van der Waals surface area contributed by atoms with E-state index in [0.29, 0.717) is 0 Å². The number of benzene rings is 2. The van der Waals surface area contributed by atoms with E-state index in [4.69, 9.17) is 5.26 Å². The highest BCUT2D eigenvalue weighted by molar-refractivity contribution is 5.56. The summed E-state index contributed by atoms with van der Waals surface area (Å²) in [5, 5.41) is 8.57. The Balaban J connectivity index is 2.27. The average molecular weight is 219 g/mol. The van der Waals surface area contributed by atoms with E-state index in [2.05, 4.69) is 18.2 Å². The van der Waals surface area contributed by atoms with Crippen LogP contribution in [-0.4, -0.2) is 0 Å². The highest BCUT2D eigenvalue weighted by atomic mass is 14.2. The normalized spacial score (nSPS) is 10.3. The van der Waals surface area contributed by atoms with Gasteiger partial charge in [-0.15, -0.1) is 0 Å². The molecule has 0 saturated heterocycles. The van der Waals surface area contributed by atoms with Crippen LogP contribution in [0.5, 0.6) is 0 Å². The molecule has 0 aliphatic heterocycles. The van der Waals surface area contributed by atoms with Crippen molar-refractivity contribution in [2.75, 3.05) is 0 Å². The third-order valence-electron chi connectivity index (χ3n) is 2.63. The molecule has 0 unspecified atom stereocenters. The summed E-state index contributed by atoms with van der Waals surface area (Å²) in [5.74, 6) is 0. The third kappa shape index (κ3) is 3.06. The lowest BCUT2D eigenvalue weighted by molar-refractivity contribution is 1.18. The molecule has 0 aliphatic carbocycles. The molecule has 0 aromatic heterocycles. The van der Waals surface area contributed by atoms with Gasteiger partial charge in [0.1, 0.15) is 0 Å². The molecular weight excluding hydrogens is 206 g/mol. The Morgan fingerprint density at radius 2 is 1.65 bits per heavy atom. The SMILES string of the molecule is N#C/C=C/c1ccccc1Cc1ccccc1. The first-order valence-electron chi connectivity index (χ1n) is 5.58. The Morgan fingerprint density at radius 3 is 2.41 bits per heavy atom. The predicted molar refractivity (Wildman–Crippen MR) is 70.3 cm³/mol. The fraction of sp³-hybridized carbons (Fsp3) is 0.0625. The molecular formula is C16H13N. The molecule has 1 heteroatoms. The van der Waals surface area contributed by atoms with Crippen LogP contribution in [0.2, 0.25) is 0 Å². The van der Waals surface area contributed by atoms with Gasteiger partial charge in [0.05, 0.1) is 6.07 Å². The van der Waals surface area contributed by atoms with Crippen molar-refractivity contribution in [3.63, 3.8) is 0 Å². The predicted octanol–water partition coefficient (Wildman–Crippen LogP) is 3.81. The van der Waals surface area contributed by atoms with Gasteiger partial charge in [0, 0.05) is 6.08 Å². The Morgan fingerprint density at radius 1 is 0.941 bits per heavy atom. The van der Waals surface area contributed by atoms with Crippen LogP contribution >= 0.6 is 0 Å². The number of nitriles is 1. The van der Waals surface area contributed by atoms with E-state index in [-0.39, 0.29) is 0 Å². The van der Waals surface area contributed by atoms with E-state index >= 15 is 0 Å². The number of allylic oxidation sites excluding steroid dienone is 1. The fourth-order valence-corrected chi connectivity index (χ4v) is 1.80. The summed E-state index contributed by atoms with van der Waals surface area (Å²) in [6, 6.07) is 20.5. The van der Waals surface area contributed by atoms with Crippen LogP contribution in [0.3, 0.4) is 0 Å². The zero-order valence-electron chi connectivity index (χ0n) is 9.51. The molecule has 0 radical (unpaired) electrons. The first kappa shape index (κ1) is 11.2. The monoisotopic (exact) mass is 219 g/mol. The van der Waals surface area contributed by atoms with Crippen LogP contribution in [0.1, 0.15) is 16.7 Å². The van der Waals surface area contributed by atoms with Crippen LogP contribution in [-0.2, 0) is 6.42 Å². The quantitative estimate of drug-likeness (QED) is 0.720. The second-order valence-electron chi connectivity index (χ2n) is 3.82. The number of hydrogen-bond acceptors (Lipinski definition) is 1. The maximum Gasteiger partial charge on any atom is 0.0912 e. The van der Waals surface area contributed by atoms with Crippen molar-refractivity contribution in [2.45, 2.75) is 6.42 Å². The van der Waals surface area contributed by atoms with Crippen molar-refractivity contribution in [3.8, 4) is 6.07 Å². The van der Waals surface area contributed by atoms with Gasteiger partial charge in [0.15, 0.2) is 0 Å². The molecule has 0 spiro atoms. The van der Waals surface area contributed by atoms with Crippen molar-refractivity contribution in [1.82, 2.24) is 0 Å². The lowest BCUT2D eigenvalue weighted by Gasteiger charge is -2.05. The summed E-state index contributed by atoms with van der Waals surface area (Å²) >= 11 is 0. The minimum Gasteiger partial charge on any atom is -0.193 e. The zero-order chi connectivity index (χ0) is 11.9. The Labute approximate surface area is 102 Å². The minimum atomic E-state index is 0.896. The van der Waals surface area contributed by atoms with E-state index in [9.17, 15) is 0 Å². The molecule has 2 aromatic rings. The Hall–Kier alpha value is -2.33. The van der Waals surface area contributed by atoms with Gasteiger partial charge >= 0.3 is 0 Å². The molecule has 0 aliphatic rings. The highest BCUT2D eigenvalue weighted by Gasteiger charge is 1.99. The number of rotatable bonds is 3. The van der Waals surface area contributed by atoms with Crippen LogP contribution in [0, 0.1) is 11.3 Å². The number of nitrogens with zero attached hydrogens (tertiary/aromatic N) is 1. The second-order valence-corrected chi connectivity index (χ2v) is 3.82. The van der Waals surface area contributed by atoms with Gasteiger partial charge in [0.25, 0.3) is 0 Å². The van der Waals surface area contributed by atoms with Crippen molar-refractivity contribution in [2.24, 2.45) is 0 Å². The molecule has 0 fully saturated rings. The van der Waals surface area contributed by atoms with Gasteiger partial charge in [-0.25, -0.2) is 0 Å². The summed E-state index contributed by atoms with van der Waals surface area (Å²) in [7, 11) is 0. The maximum absolute atomic E-state index is 8.57. The minimum absolute atomic E-state index is 0.896. The van der Waals surface area contributed by atoms with Crippen LogP contribution in [0.15, 0.2) is 60.7 Å². The van der Waals surface area contributed by atoms with E-state index in [1.807, 2.05) is 48.5 Å². The smallest absolute Gasteiger partial charge is 0.0912 e. The molecule has 0 amide bonds. The largest absolute Gasteiger partial charge is 0.193 e. The van der Waals surface area contributed by atoms with Crippen LogP contribution in [0.4, 0.5) is 0 Å². The van der Waals surface area contributed by atoms with E-state index in [0.717, 1.165) is 12.0 Å². The second kappa shape index (κ2) is 5.67. The Kier molecular flexibility index (Phi) is 3.72. The topological polar surface area (TPSA) is 23.8 Å². The van der Waals surface area contributed by atoms with Crippen LogP contribution in [0.25, 0.3) is 6.08 Å². The first-order valence-corrected chi connectivity index (χ1v) is 5.58. The zero-order valence-corrected chi connectivity index (χ0v) is 9.51. The first-order chi connectivity index (χ1) is 8.40. The van der Waals surface area contributed by atoms with Crippen molar-refractivity contribution in [3.05, 3.63) is 77.4 Å². The van der Waals surface area contributed by atoms with E-state index in [1.165, 1.54) is 17.2 Å². The summed E-state index contributed by atoms with van der Waals surface area (Å²) in [5.41, 5.74) is 3.63. The van der Waals surface area contributed by atoms with Crippen molar-refractivity contribution < 1.29 is 0 Å². The van der Waals surface area contributed by atoms with Gasteiger partial charge in [-0.3, -0.25) is 0 Å². The molecule has 0 saturated carbocycles. The molecule has 0 heterocycles. The van der Waals surface area contributed by atoms with Crippen molar-refractivity contribution in [1.29, 1.82) is 5.26 Å². The maximum atomic E-state index is 8.57. The summed E-state index contributed by atoms with van der Waals surface area (Å²) in [6.07, 6.45) is 4.27. The van der Waals surface area contributed by atoms with Gasteiger partial charge in [-0.05, 0) is 29.2 Å². The highest BCUT2D eigenvalue weighted by Crippen LogP contribution is 2.15. The van der Waals surface area contributed by atoms with E-state index < -0.39 is 0 Å². The molecule has 17 heavy (non-hydrogen) atoms. The molecule has 0 N–H and O–H groups in total. The van der Waals surface area contributed by atoms with E-state index in [1.54, 1.807) is 0 Å². The molecule has 2 aromatic carbocycles. The van der Waals surface area contributed by atoms with Gasteiger partial charge in [-0.1, -0.05) is 54.6 Å². The molecule has 0 bridgehead atoms. The fourth-order valence-electron chi connectivity index (χ4n) is 1.80. The molecule has 0 atom stereocenters. The summed E-state index contributed by atoms with van der Waals surface area (Å²) in [6.45, 7) is 0. The summed E-state index contributed by atoms with van der Waals surface area (Å²) < 4.78 is 0. The molecule has 1 nitrogen and oxygen atoms in total. The van der Waals surface area contributed by atoms with Gasteiger partial charge < -0.3 is 0 Å². The third-order valence-corrected chi connectivity index (χ3v) is 2.63. The number of hydrogen-bond donors (Lipinski definition) is 0.